The second-order valence-corrected chi connectivity index (χ2v) is 6.17. The lowest BCUT2D eigenvalue weighted by Gasteiger charge is -2.30. The SMILES string of the molecule is COC(C)(C)O[C@H](CN[C@@H](C)CO)c1ccc(Br)cc1. The predicted octanol–water partition coefficient (Wildman–Crippen LogP) is 2.86. The van der Waals surface area contributed by atoms with Crippen LogP contribution in [0.3, 0.4) is 0 Å². The summed E-state index contributed by atoms with van der Waals surface area (Å²) in [4.78, 5) is 0. The van der Waals surface area contributed by atoms with Gasteiger partial charge in [-0.15, -0.1) is 0 Å². The smallest absolute Gasteiger partial charge is 0.163 e. The molecule has 0 heterocycles. The van der Waals surface area contributed by atoms with Crippen LogP contribution in [0.25, 0.3) is 0 Å². The Bertz CT molecular complexity index is 395. The molecule has 0 fully saturated rings. The topological polar surface area (TPSA) is 50.7 Å². The van der Waals surface area contributed by atoms with Gasteiger partial charge in [0.05, 0.1) is 12.7 Å². The molecular weight excluding hydrogens is 322 g/mol. The number of halogens is 1. The maximum absolute atomic E-state index is 9.10. The molecule has 0 radical (unpaired) electrons. The molecule has 0 spiro atoms. The summed E-state index contributed by atoms with van der Waals surface area (Å²) >= 11 is 3.43. The Hall–Kier alpha value is -0.460. The molecule has 5 heteroatoms. The maximum atomic E-state index is 9.10. The Morgan fingerprint density at radius 3 is 2.40 bits per heavy atom. The summed E-state index contributed by atoms with van der Waals surface area (Å²) in [6.07, 6.45) is -0.146. The Morgan fingerprint density at radius 1 is 1.30 bits per heavy atom. The fourth-order valence-corrected chi connectivity index (χ4v) is 1.93. The second-order valence-electron chi connectivity index (χ2n) is 5.25. The van der Waals surface area contributed by atoms with Gasteiger partial charge in [0, 0.05) is 24.2 Å². The minimum atomic E-state index is -0.665. The molecule has 0 aromatic heterocycles. The zero-order valence-corrected chi connectivity index (χ0v) is 14.1. The molecular formula is C15H24BrNO3. The van der Waals surface area contributed by atoms with Gasteiger partial charge in [0.1, 0.15) is 0 Å². The van der Waals surface area contributed by atoms with E-state index in [0.717, 1.165) is 10.0 Å². The minimum absolute atomic E-state index is 0.0298. The molecule has 0 aliphatic heterocycles. The molecule has 0 bridgehead atoms. The third kappa shape index (κ3) is 5.89. The molecule has 1 aromatic carbocycles. The van der Waals surface area contributed by atoms with Crippen molar-refractivity contribution in [2.45, 2.75) is 38.7 Å². The van der Waals surface area contributed by atoms with Gasteiger partial charge in [-0.2, -0.15) is 0 Å². The first-order chi connectivity index (χ1) is 9.38. The number of methoxy groups -OCH3 is 1. The zero-order chi connectivity index (χ0) is 15.2. The van der Waals surface area contributed by atoms with Crippen LogP contribution in [0.5, 0.6) is 0 Å². The van der Waals surface area contributed by atoms with E-state index in [4.69, 9.17) is 14.6 Å². The molecule has 2 atom stereocenters. The van der Waals surface area contributed by atoms with E-state index in [1.165, 1.54) is 0 Å². The number of nitrogens with one attached hydrogen (secondary N) is 1. The van der Waals surface area contributed by atoms with Crippen molar-refractivity contribution in [3.05, 3.63) is 34.3 Å². The number of hydrogen-bond donors (Lipinski definition) is 2. The van der Waals surface area contributed by atoms with E-state index < -0.39 is 5.79 Å². The average Bonchev–Trinajstić information content (AvgIpc) is 2.44. The minimum Gasteiger partial charge on any atom is -0.395 e. The number of benzene rings is 1. The Balaban J connectivity index is 2.80. The van der Waals surface area contributed by atoms with Crippen LogP contribution < -0.4 is 5.32 Å². The van der Waals surface area contributed by atoms with Crippen molar-refractivity contribution < 1.29 is 14.6 Å². The number of aliphatic hydroxyl groups is 1. The van der Waals surface area contributed by atoms with E-state index in [1.54, 1.807) is 7.11 Å². The first-order valence-corrected chi connectivity index (χ1v) is 7.50. The highest BCUT2D eigenvalue weighted by Gasteiger charge is 2.24. The van der Waals surface area contributed by atoms with Gasteiger partial charge in [-0.3, -0.25) is 0 Å². The van der Waals surface area contributed by atoms with Crippen LogP contribution in [0, 0.1) is 0 Å². The van der Waals surface area contributed by atoms with Crippen LogP contribution in [0.15, 0.2) is 28.7 Å². The third-order valence-electron chi connectivity index (χ3n) is 3.09. The second kappa shape index (κ2) is 8.10. The van der Waals surface area contributed by atoms with E-state index >= 15 is 0 Å². The molecule has 114 valence electrons. The van der Waals surface area contributed by atoms with E-state index in [0.29, 0.717) is 6.54 Å². The van der Waals surface area contributed by atoms with Gasteiger partial charge >= 0.3 is 0 Å². The van der Waals surface area contributed by atoms with Crippen LogP contribution in [0.1, 0.15) is 32.4 Å². The maximum Gasteiger partial charge on any atom is 0.163 e. The molecule has 2 N–H and O–H groups in total. The third-order valence-corrected chi connectivity index (χ3v) is 3.61. The number of rotatable bonds is 8. The van der Waals surface area contributed by atoms with Crippen LogP contribution in [0.2, 0.25) is 0 Å². The largest absolute Gasteiger partial charge is 0.395 e. The van der Waals surface area contributed by atoms with Crippen molar-refractivity contribution in [3.63, 3.8) is 0 Å². The molecule has 0 aliphatic rings. The lowest BCUT2D eigenvalue weighted by atomic mass is 10.1. The molecule has 1 aromatic rings. The molecule has 0 saturated carbocycles. The Labute approximate surface area is 129 Å². The molecule has 4 nitrogen and oxygen atoms in total. The fourth-order valence-electron chi connectivity index (χ4n) is 1.67. The van der Waals surface area contributed by atoms with Crippen LogP contribution >= 0.6 is 15.9 Å². The molecule has 0 aliphatic carbocycles. The van der Waals surface area contributed by atoms with Crippen LogP contribution in [0.4, 0.5) is 0 Å². The first-order valence-electron chi connectivity index (χ1n) is 6.70. The number of ether oxygens (including phenoxy) is 2. The van der Waals surface area contributed by atoms with E-state index in [2.05, 4.69) is 21.2 Å². The summed E-state index contributed by atoms with van der Waals surface area (Å²) in [6.45, 7) is 6.40. The Morgan fingerprint density at radius 2 is 1.90 bits per heavy atom. The summed E-state index contributed by atoms with van der Waals surface area (Å²) in [6, 6.07) is 8.04. The van der Waals surface area contributed by atoms with Crippen molar-refractivity contribution >= 4 is 15.9 Å². The van der Waals surface area contributed by atoms with Crippen LogP contribution in [-0.4, -0.2) is 37.2 Å². The van der Waals surface area contributed by atoms with Gasteiger partial charge in [0.15, 0.2) is 5.79 Å². The van der Waals surface area contributed by atoms with Crippen molar-refractivity contribution in [2.24, 2.45) is 0 Å². The quantitative estimate of drug-likeness (QED) is 0.711. The van der Waals surface area contributed by atoms with Crippen molar-refractivity contribution in [3.8, 4) is 0 Å². The normalized spacial score (nSPS) is 15.1. The standard InChI is InChI=1S/C15H24BrNO3/c1-11(10-18)17-9-14(20-15(2,3)19-4)12-5-7-13(16)8-6-12/h5-8,11,14,17-18H,9-10H2,1-4H3/t11-,14+/m0/s1. The van der Waals surface area contributed by atoms with Crippen molar-refractivity contribution in [1.29, 1.82) is 0 Å². The number of aliphatic hydroxyl groups excluding tert-OH is 1. The van der Waals surface area contributed by atoms with Crippen molar-refractivity contribution in [1.82, 2.24) is 5.32 Å². The molecule has 20 heavy (non-hydrogen) atoms. The van der Waals surface area contributed by atoms with Gasteiger partial charge in [-0.1, -0.05) is 28.1 Å². The molecule has 1 rings (SSSR count). The van der Waals surface area contributed by atoms with E-state index in [9.17, 15) is 0 Å². The average molecular weight is 346 g/mol. The van der Waals surface area contributed by atoms with Gasteiger partial charge in [0.25, 0.3) is 0 Å². The summed E-state index contributed by atoms with van der Waals surface area (Å²) in [5.41, 5.74) is 1.07. The lowest BCUT2D eigenvalue weighted by Crippen LogP contribution is -2.37. The van der Waals surface area contributed by atoms with Gasteiger partial charge < -0.3 is 19.9 Å². The summed E-state index contributed by atoms with van der Waals surface area (Å²) in [5.74, 6) is -0.665. The van der Waals surface area contributed by atoms with Gasteiger partial charge in [-0.05, 0) is 38.5 Å². The summed E-state index contributed by atoms with van der Waals surface area (Å²) in [5, 5.41) is 12.3. The van der Waals surface area contributed by atoms with Gasteiger partial charge in [0.2, 0.25) is 0 Å². The molecule has 0 unspecified atom stereocenters. The number of hydrogen-bond acceptors (Lipinski definition) is 4. The monoisotopic (exact) mass is 345 g/mol. The summed E-state index contributed by atoms with van der Waals surface area (Å²) < 4.78 is 12.4. The van der Waals surface area contributed by atoms with E-state index in [1.807, 2.05) is 45.0 Å². The predicted molar refractivity (Wildman–Crippen MR) is 83.6 cm³/mol. The van der Waals surface area contributed by atoms with Crippen LogP contribution in [-0.2, 0) is 9.47 Å². The molecule has 0 amide bonds. The highest BCUT2D eigenvalue weighted by atomic mass is 79.9. The zero-order valence-electron chi connectivity index (χ0n) is 12.5. The lowest BCUT2D eigenvalue weighted by molar-refractivity contribution is -0.224. The highest BCUT2D eigenvalue weighted by Crippen LogP contribution is 2.25. The molecule has 0 saturated heterocycles. The highest BCUT2D eigenvalue weighted by molar-refractivity contribution is 9.10. The van der Waals surface area contributed by atoms with Crippen molar-refractivity contribution in [2.75, 3.05) is 20.3 Å². The van der Waals surface area contributed by atoms with E-state index in [-0.39, 0.29) is 18.8 Å². The fraction of sp³-hybridized carbons (Fsp3) is 0.600. The van der Waals surface area contributed by atoms with Gasteiger partial charge in [-0.25, -0.2) is 0 Å². The summed E-state index contributed by atoms with van der Waals surface area (Å²) in [7, 11) is 1.63. The Kier molecular flexibility index (Phi) is 7.12. The first kappa shape index (κ1) is 17.6.